The summed E-state index contributed by atoms with van der Waals surface area (Å²) in [5.74, 6) is -1.02. The van der Waals surface area contributed by atoms with Gasteiger partial charge in [-0.15, -0.1) is 0 Å². The molecule has 0 aliphatic carbocycles. The highest BCUT2D eigenvalue weighted by atomic mass is 16.5. The van der Waals surface area contributed by atoms with Gasteiger partial charge in [0.1, 0.15) is 0 Å². The summed E-state index contributed by atoms with van der Waals surface area (Å²) in [6.45, 7) is -2.70. The molecule has 0 aromatic heterocycles. The van der Waals surface area contributed by atoms with E-state index in [1.165, 1.54) is 25.3 Å². The van der Waals surface area contributed by atoms with Crippen molar-refractivity contribution in [1.29, 1.82) is 0 Å². The number of anilines is 1. The predicted molar refractivity (Wildman–Crippen MR) is 49.0 cm³/mol. The van der Waals surface area contributed by atoms with Crippen LogP contribution in [-0.2, 0) is 4.79 Å². The van der Waals surface area contributed by atoms with Crippen molar-refractivity contribution in [3.05, 3.63) is 18.2 Å². The van der Waals surface area contributed by atoms with E-state index in [0.29, 0.717) is 0 Å². The zero-order chi connectivity index (χ0) is 12.3. The highest BCUT2D eigenvalue weighted by Crippen LogP contribution is 2.28. The van der Waals surface area contributed by atoms with E-state index in [4.69, 9.17) is 8.85 Å². The van der Waals surface area contributed by atoms with E-state index >= 15 is 0 Å². The molecule has 1 rings (SSSR count). The molecule has 1 aromatic carbocycles. The number of aromatic hydroxyl groups is 1. The topological polar surface area (TPSA) is 58.6 Å². The predicted octanol–water partition coefficient (Wildman–Crippen LogP) is 1.36. The van der Waals surface area contributed by atoms with Crippen LogP contribution in [0.15, 0.2) is 18.2 Å². The van der Waals surface area contributed by atoms with Gasteiger partial charge in [-0.1, -0.05) is 0 Å². The number of amides is 1. The van der Waals surface area contributed by atoms with Crippen molar-refractivity contribution in [3.63, 3.8) is 0 Å². The van der Waals surface area contributed by atoms with Crippen molar-refractivity contribution in [3.8, 4) is 11.5 Å². The second-order valence-corrected chi connectivity index (χ2v) is 2.34. The fraction of sp³-hybridized carbons (Fsp3) is 0.222. The Morgan fingerprint density at radius 2 is 2.46 bits per heavy atom. The van der Waals surface area contributed by atoms with Crippen LogP contribution in [0.2, 0.25) is 0 Å². The molecule has 0 aliphatic heterocycles. The van der Waals surface area contributed by atoms with Crippen LogP contribution in [0.5, 0.6) is 11.5 Å². The molecule has 0 bridgehead atoms. The first-order valence-corrected chi connectivity index (χ1v) is 3.53. The van der Waals surface area contributed by atoms with E-state index in [1.54, 1.807) is 0 Å². The summed E-state index contributed by atoms with van der Waals surface area (Å²) in [6, 6.07) is 4.01. The molecule has 0 heterocycles. The summed E-state index contributed by atoms with van der Waals surface area (Å²) in [6.07, 6.45) is 0. The number of nitrogens with one attached hydrogen (secondary N) is 1. The maximum Gasteiger partial charge on any atom is 0.221 e. The van der Waals surface area contributed by atoms with Gasteiger partial charge >= 0.3 is 0 Å². The van der Waals surface area contributed by atoms with Gasteiger partial charge in [0.2, 0.25) is 5.91 Å². The van der Waals surface area contributed by atoms with E-state index in [9.17, 15) is 9.90 Å². The number of ether oxygens (including phenoxy) is 1. The van der Waals surface area contributed by atoms with Gasteiger partial charge < -0.3 is 15.2 Å². The third-order valence-electron chi connectivity index (χ3n) is 1.44. The number of carbonyl (C=O) groups is 1. The van der Waals surface area contributed by atoms with Gasteiger partial charge in [-0.3, -0.25) is 4.79 Å². The largest absolute Gasteiger partial charge is 0.504 e. The molecule has 0 saturated heterocycles. The Balaban J connectivity index is 2.87. The lowest BCUT2D eigenvalue weighted by atomic mass is 10.3. The number of phenols is 1. The smallest absolute Gasteiger partial charge is 0.221 e. The van der Waals surface area contributed by atoms with Crippen molar-refractivity contribution >= 4 is 11.6 Å². The van der Waals surface area contributed by atoms with E-state index in [-0.39, 0.29) is 17.2 Å². The minimum atomic E-state index is -2.70. The third-order valence-corrected chi connectivity index (χ3v) is 1.44. The number of benzene rings is 1. The van der Waals surface area contributed by atoms with Gasteiger partial charge in [-0.2, -0.15) is 0 Å². The Hall–Kier alpha value is -1.71. The van der Waals surface area contributed by atoms with Crippen LogP contribution in [0.4, 0.5) is 5.69 Å². The van der Waals surface area contributed by atoms with Crippen LogP contribution >= 0.6 is 0 Å². The van der Waals surface area contributed by atoms with Gasteiger partial charge in [-0.25, -0.2) is 0 Å². The van der Waals surface area contributed by atoms with Gasteiger partial charge in [0.25, 0.3) is 0 Å². The van der Waals surface area contributed by atoms with Crippen LogP contribution in [0.25, 0.3) is 0 Å². The molecule has 4 heteroatoms. The zero-order valence-corrected chi connectivity index (χ0v) is 7.00. The van der Waals surface area contributed by atoms with Crippen LogP contribution in [0.3, 0.4) is 0 Å². The summed E-state index contributed by atoms with van der Waals surface area (Å²) in [5, 5.41) is 11.5. The Labute approximate surface area is 80.4 Å². The molecule has 0 fully saturated rings. The first-order chi connectivity index (χ1) is 7.34. The molecular weight excluding hydrogens is 170 g/mol. The summed E-state index contributed by atoms with van der Waals surface area (Å²) in [5.41, 5.74) is 0.246. The Morgan fingerprint density at radius 3 is 3.08 bits per heavy atom. The number of methoxy groups -OCH3 is 1. The zero-order valence-electron chi connectivity index (χ0n) is 10.00. The van der Waals surface area contributed by atoms with Gasteiger partial charge in [0.05, 0.1) is 7.11 Å². The third kappa shape index (κ3) is 2.37. The summed E-state index contributed by atoms with van der Waals surface area (Å²) >= 11 is 0. The molecule has 0 saturated carbocycles. The molecule has 0 unspecified atom stereocenters. The van der Waals surface area contributed by atoms with E-state index < -0.39 is 12.8 Å². The molecule has 1 amide bonds. The molecule has 2 N–H and O–H groups in total. The Bertz CT molecular complexity index is 403. The summed E-state index contributed by atoms with van der Waals surface area (Å²) in [4.78, 5) is 11.1. The van der Waals surface area contributed by atoms with Gasteiger partial charge in [0.15, 0.2) is 11.5 Å². The fourth-order valence-corrected chi connectivity index (χ4v) is 0.886. The van der Waals surface area contributed by atoms with Crippen molar-refractivity contribution in [2.45, 2.75) is 6.85 Å². The lowest BCUT2D eigenvalue weighted by Gasteiger charge is -2.06. The van der Waals surface area contributed by atoms with Crippen molar-refractivity contribution in [1.82, 2.24) is 0 Å². The Morgan fingerprint density at radius 1 is 1.69 bits per heavy atom. The van der Waals surface area contributed by atoms with E-state index in [2.05, 4.69) is 5.32 Å². The highest BCUT2D eigenvalue weighted by Gasteiger charge is 2.02. The van der Waals surface area contributed by atoms with E-state index in [1.807, 2.05) is 0 Å². The maximum atomic E-state index is 11.1. The van der Waals surface area contributed by atoms with E-state index in [0.717, 1.165) is 0 Å². The molecular formula is C9H11NO3. The van der Waals surface area contributed by atoms with Crippen molar-refractivity contribution in [2.75, 3.05) is 12.4 Å². The fourth-order valence-electron chi connectivity index (χ4n) is 0.886. The first kappa shape index (κ1) is 5.85. The summed E-state index contributed by atoms with van der Waals surface area (Å²) < 4.78 is 25.4. The van der Waals surface area contributed by atoms with Crippen LogP contribution in [0, 0.1) is 0 Å². The second kappa shape index (κ2) is 3.80. The molecule has 0 aliphatic rings. The first-order valence-electron chi connectivity index (χ1n) is 5.03. The lowest BCUT2D eigenvalue weighted by Crippen LogP contribution is -2.05. The molecule has 13 heavy (non-hydrogen) atoms. The van der Waals surface area contributed by atoms with Crippen LogP contribution in [0.1, 0.15) is 11.0 Å². The molecule has 1 aromatic rings. The molecule has 0 spiro atoms. The standard InChI is InChI=1S/C9H11NO3/c1-6(11)10-7-3-4-8(12)9(5-7)13-2/h3-5,12H,1-2H3,(H,10,11)/i1D3. The lowest BCUT2D eigenvalue weighted by molar-refractivity contribution is -0.114. The minimum Gasteiger partial charge on any atom is -0.504 e. The quantitative estimate of drug-likeness (QED) is 0.682. The number of carbonyl (C=O) groups excluding carboxylic acids is 1. The number of hydrogen-bond acceptors (Lipinski definition) is 3. The molecule has 70 valence electrons. The number of rotatable bonds is 2. The highest BCUT2D eigenvalue weighted by molar-refractivity contribution is 5.89. The van der Waals surface area contributed by atoms with Gasteiger partial charge in [-0.05, 0) is 12.1 Å². The molecule has 4 nitrogen and oxygen atoms in total. The van der Waals surface area contributed by atoms with Crippen LogP contribution < -0.4 is 10.1 Å². The van der Waals surface area contributed by atoms with Crippen LogP contribution in [-0.4, -0.2) is 18.1 Å². The number of hydrogen-bond donors (Lipinski definition) is 2. The normalized spacial score (nSPS) is 13.8. The van der Waals surface area contributed by atoms with Gasteiger partial charge in [0, 0.05) is 22.7 Å². The maximum absolute atomic E-state index is 11.1. The number of phenolic OH excluding ortho intramolecular Hbond substituents is 1. The molecule has 0 atom stereocenters. The summed E-state index contributed by atoms with van der Waals surface area (Å²) in [7, 11) is 1.35. The monoisotopic (exact) mass is 184 g/mol. The minimum absolute atomic E-state index is 0.0885. The average molecular weight is 184 g/mol. The average Bonchev–Trinajstić information content (AvgIpc) is 2.19. The van der Waals surface area contributed by atoms with Crippen molar-refractivity contribution < 1.29 is 18.8 Å². The van der Waals surface area contributed by atoms with Crippen molar-refractivity contribution in [2.24, 2.45) is 0 Å². The molecule has 0 radical (unpaired) electrons. The SMILES string of the molecule is [2H]C([2H])([2H])C(=O)Nc1ccc(O)c(OC)c1. The second-order valence-electron chi connectivity index (χ2n) is 2.34. The Kier molecular flexibility index (Phi) is 1.71.